The lowest BCUT2D eigenvalue weighted by Gasteiger charge is -2.34. The van der Waals surface area contributed by atoms with Crippen LogP contribution in [0.1, 0.15) is 12.8 Å². The van der Waals surface area contributed by atoms with Crippen LogP contribution in [0.15, 0.2) is 42.7 Å². The Morgan fingerprint density at radius 3 is 2.88 bits per heavy atom. The van der Waals surface area contributed by atoms with Crippen LogP contribution >= 0.6 is 11.3 Å². The van der Waals surface area contributed by atoms with Gasteiger partial charge in [-0.3, -0.25) is 0 Å². The first kappa shape index (κ1) is 15.1. The van der Waals surface area contributed by atoms with Gasteiger partial charge in [-0.25, -0.2) is 9.97 Å². The summed E-state index contributed by atoms with van der Waals surface area (Å²) in [6.07, 6.45) is 3.07. The summed E-state index contributed by atoms with van der Waals surface area (Å²) in [5.74, 6) is -0.583. The second-order valence-corrected chi connectivity index (χ2v) is 7.03. The molecule has 0 N–H and O–H groups in total. The van der Waals surface area contributed by atoms with Crippen molar-refractivity contribution >= 4 is 33.3 Å². The molecule has 6 heteroatoms. The van der Waals surface area contributed by atoms with Gasteiger partial charge in [0.2, 0.25) is 0 Å². The third kappa shape index (κ3) is 2.73. The molecule has 1 aliphatic heterocycles. The van der Waals surface area contributed by atoms with Crippen molar-refractivity contribution in [2.75, 3.05) is 18.0 Å². The highest BCUT2D eigenvalue weighted by Crippen LogP contribution is 2.36. The zero-order valence-corrected chi connectivity index (χ0v) is 13.8. The van der Waals surface area contributed by atoms with Crippen LogP contribution in [0.25, 0.3) is 20.7 Å². The van der Waals surface area contributed by atoms with Gasteiger partial charge in [-0.1, -0.05) is 30.3 Å². The van der Waals surface area contributed by atoms with Gasteiger partial charge in [0, 0.05) is 29.9 Å². The fourth-order valence-electron chi connectivity index (χ4n) is 3.20. The summed E-state index contributed by atoms with van der Waals surface area (Å²) in [6, 6.07) is 12.3. The van der Waals surface area contributed by atoms with Crippen LogP contribution in [0.2, 0.25) is 0 Å². The SMILES string of the molecule is O=C([O-])[C@@H]1CCCN(c2ncnc3sc(-c4ccccc4)cc23)C1. The van der Waals surface area contributed by atoms with Crippen molar-refractivity contribution in [2.45, 2.75) is 12.8 Å². The Kier molecular flexibility index (Phi) is 3.90. The van der Waals surface area contributed by atoms with E-state index in [0.717, 1.165) is 39.4 Å². The van der Waals surface area contributed by atoms with Crippen molar-refractivity contribution in [3.05, 3.63) is 42.7 Å². The number of nitrogens with zero attached hydrogens (tertiary/aromatic N) is 3. The van der Waals surface area contributed by atoms with Crippen LogP contribution < -0.4 is 10.0 Å². The standard InChI is InChI=1S/C18H17N3O2S/c22-18(23)13-7-4-8-21(10-13)16-14-9-15(12-5-2-1-3-6-12)24-17(14)20-11-19-16/h1-3,5-6,9,11,13H,4,7-8,10H2,(H,22,23)/p-1/t13-/m1/s1. The van der Waals surface area contributed by atoms with Crippen molar-refractivity contribution in [3.8, 4) is 10.4 Å². The number of anilines is 1. The van der Waals surface area contributed by atoms with Crippen LogP contribution in [-0.2, 0) is 4.79 Å². The Morgan fingerprint density at radius 2 is 2.08 bits per heavy atom. The first-order valence-corrected chi connectivity index (χ1v) is 8.80. The number of piperidine rings is 1. The molecule has 0 unspecified atom stereocenters. The third-order valence-corrected chi connectivity index (χ3v) is 5.51. The number of thiophene rings is 1. The van der Waals surface area contributed by atoms with E-state index < -0.39 is 11.9 Å². The molecule has 0 aliphatic carbocycles. The largest absolute Gasteiger partial charge is 0.550 e. The smallest absolute Gasteiger partial charge is 0.140 e. The molecule has 3 heterocycles. The van der Waals surface area contributed by atoms with Crippen LogP contribution in [0, 0.1) is 5.92 Å². The number of fused-ring (bicyclic) bond motifs is 1. The van der Waals surface area contributed by atoms with Crippen LogP contribution in [0.5, 0.6) is 0 Å². The van der Waals surface area contributed by atoms with E-state index >= 15 is 0 Å². The number of aliphatic carboxylic acids is 1. The Hall–Kier alpha value is -2.47. The Bertz CT molecular complexity index is 878. The maximum absolute atomic E-state index is 11.2. The molecule has 3 aromatic rings. The normalized spacial score (nSPS) is 18.0. The molecule has 0 saturated carbocycles. The van der Waals surface area contributed by atoms with Gasteiger partial charge in [0.25, 0.3) is 0 Å². The molecular weight excluding hydrogens is 322 g/mol. The topological polar surface area (TPSA) is 69.2 Å². The number of carbonyl (C=O) groups excluding carboxylic acids is 1. The maximum atomic E-state index is 11.2. The Labute approximate surface area is 143 Å². The first-order chi connectivity index (χ1) is 11.7. The van der Waals surface area contributed by atoms with Crippen LogP contribution in [0.4, 0.5) is 5.82 Å². The highest BCUT2D eigenvalue weighted by atomic mass is 32.1. The van der Waals surface area contributed by atoms with E-state index in [0.29, 0.717) is 13.0 Å². The van der Waals surface area contributed by atoms with Gasteiger partial charge in [-0.05, 0) is 24.5 Å². The number of hydrogen-bond acceptors (Lipinski definition) is 6. The summed E-state index contributed by atoms with van der Waals surface area (Å²) < 4.78 is 0. The molecule has 122 valence electrons. The van der Waals surface area contributed by atoms with E-state index in [9.17, 15) is 9.90 Å². The number of aromatic nitrogens is 2. The van der Waals surface area contributed by atoms with Gasteiger partial charge in [0.05, 0.1) is 5.39 Å². The van der Waals surface area contributed by atoms with Crippen molar-refractivity contribution in [1.82, 2.24) is 9.97 Å². The molecule has 0 spiro atoms. The molecule has 0 amide bonds. The van der Waals surface area contributed by atoms with Gasteiger partial charge < -0.3 is 14.8 Å². The van der Waals surface area contributed by atoms with Gasteiger partial charge in [0.15, 0.2) is 0 Å². The molecule has 1 fully saturated rings. The van der Waals surface area contributed by atoms with Crippen molar-refractivity contribution in [1.29, 1.82) is 0 Å². The zero-order valence-electron chi connectivity index (χ0n) is 13.0. The summed E-state index contributed by atoms with van der Waals surface area (Å²) in [6.45, 7) is 1.26. The highest BCUT2D eigenvalue weighted by Gasteiger charge is 2.23. The lowest BCUT2D eigenvalue weighted by atomic mass is 9.98. The number of carbonyl (C=O) groups is 1. The third-order valence-electron chi connectivity index (χ3n) is 4.42. The van der Waals surface area contributed by atoms with E-state index in [4.69, 9.17) is 0 Å². The van der Waals surface area contributed by atoms with Crippen LogP contribution in [0.3, 0.4) is 0 Å². The van der Waals surface area contributed by atoms with E-state index in [1.165, 1.54) is 0 Å². The average molecular weight is 338 g/mol. The van der Waals surface area contributed by atoms with Gasteiger partial charge in [0.1, 0.15) is 17.0 Å². The minimum Gasteiger partial charge on any atom is -0.550 e. The molecule has 5 nitrogen and oxygen atoms in total. The number of carboxylic acids is 1. The second kappa shape index (κ2) is 6.20. The average Bonchev–Trinajstić information content (AvgIpc) is 3.07. The monoisotopic (exact) mass is 338 g/mol. The summed E-state index contributed by atoms with van der Waals surface area (Å²) in [7, 11) is 0. The summed E-state index contributed by atoms with van der Waals surface area (Å²) >= 11 is 1.63. The van der Waals surface area contributed by atoms with Crippen LogP contribution in [-0.4, -0.2) is 29.0 Å². The lowest BCUT2D eigenvalue weighted by molar-refractivity contribution is -0.311. The molecule has 1 atom stereocenters. The number of carboxylic acid groups (broad SMARTS) is 1. The van der Waals surface area contributed by atoms with E-state index in [1.807, 2.05) is 18.2 Å². The summed E-state index contributed by atoms with van der Waals surface area (Å²) in [5, 5.41) is 12.2. The van der Waals surface area contributed by atoms with E-state index in [-0.39, 0.29) is 0 Å². The van der Waals surface area contributed by atoms with Crippen molar-refractivity contribution in [3.63, 3.8) is 0 Å². The molecule has 0 radical (unpaired) electrons. The molecule has 0 bridgehead atoms. The molecule has 1 aromatic carbocycles. The maximum Gasteiger partial charge on any atom is 0.140 e. The summed E-state index contributed by atoms with van der Waals surface area (Å²) in [4.78, 5) is 24.2. The van der Waals surface area contributed by atoms with Gasteiger partial charge in [-0.2, -0.15) is 0 Å². The molecule has 2 aromatic heterocycles. The summed E-state index contributed by atoms with van der Waals surface area (Å²) in [5.41, 5.74) is 1.15. The quantitative estimate of drug-likeness (QED) is 0.733. The van der Waals surface area contributed by atoms with Crippen molar-refractivity contribution in [2.24, 2.45) is 5.92 Å². The zero-order chi connectivity index (χ0) is 16.5. The molecule has 4 rings (SSSR count). The first-order valence-electron chi connectivity index (χ1n) is 7.98. The Balaban J connectivity index is 1.74. The second-order valence-electron chi connectivity index (χ2n) is 6.00. The van der Waals surface area contributed by atoms with Gasteiger partial charge >= 0.3 is 0 Å². The molecule has 1 aliphatic rings. The number of benzene rings is 1. The predicted molar refractivity (Wildman–Crippen MR) is 92.8 cm³/mol. The lowest BCUT2D eigenvalue weighted by Crippen LogP contribution is -2.44. The van der Waals surface area contributed by atoms with Gasteiger partial charge in [-0.15, -0.1) is 11.3 Å². The fourth-order valence-corrected chi connectivity index (χ4v) is 4.20. The van der Waals surface area contributed by atoms with Crippen molar-refractivity contribution < 1.29 is 9.90 Å². The Morgan fingerprint density at radius 1 is 1.25 bits per heavy atom. The van der Waals surface area contributed by atoms with E-state index in [2.05, 4.69) is 33.1 Å². The number of rotatable bonds is 3. The highest BCUT2D eigenvalue weighted by molar-refractivity contribution is 7.21. The number of hydrogen-bond donors (Lipinski definition) is 0. The minimum atomic E-state index is -0.972. The fraction of sp³-hybridized carbons (Fsp3) is 0.278. The molecule has 1 saturated heterocycles. The molecular formula is C18H16N3O2S-. The van der Waals surface area contributed by atoms with E-state index in [1.54, 1.807) is 17.7 Å². The predicted octanol–water partition coefficient (Wildman–Crippen LogP) is 2.32. The minimum absolute atomic E-state index is 0.434. The molecule has 24 heavy (non-hydrogen) atoms.